The summed E-state index contributed by atoms with van der Waals surface area (Å²) in [7, 11) is -1.13. The molecule has 0 aliphatic carbocycles. The van der Waals surface area contributed by atoms with Crippen molar-refractivity contribution in [1.29, 1.82) is 0 Å². The van der Waals surface area contributed by atoms with Crippen LogP contribution in [0.3, 0.4) is 0 Å². The van der Waals surface area contributed by atoms with Gasteiger partial charge in [0.2, 0.25) is 5.91 Å². The van der Waals surface area contributed by atoms with Gasteiger partial charge in [-0.05, 0) is 84.3 Å². The van der Waals surface area contributed by atoms with E-state index in [1.807, 2.05) is 13.0 Å². The Balaban J connectivity index is 0.000000845. The largest absolute Gasteiger partial charge is 0.494 e. The van der Waals surface area contributed by atoms with Crippen molar-refractivity contribution in [3.8, 4) is 5.75 Å². The molecular formula is C36H39F4N5O8S. The van der Waals surface area contributed by atoms with Crippen LogP contribution in [-0.2, 0) is 30.6 Å². The Labute approximate surface area is 308 Å². The minimum atomic E-state index is -5.08. The molecule has 2 atom stereocenters. The minimum absolute atomic E-state index is 0.00666. The number of alkyl halides is 3. The standard InChI is InChI=1S/C34H38FN5O6S.C2HF3O2/c1-5-20-16-26(30(35)28(17-20)45-3)31(38-22-9-11-24-21(18-22)13-14-37-32(24)36)33(41)40-15-7-8-27(40)25-19-23(39-34(42)46-4)10-12-29(25)47(43,44)6-2;3-2(4,5)1(6)7/h9-14,16-19,27,31,38H,5-8,15H2,1-4H3,(H2,36,37)(H,39,42);(H,6,7)/t27-,31+;/m1./s1. The van der Waals surface area contributed by atoms with E-state index in [1.54, 1.807) is 54.4 Å². The Morgan fingerprint density at radius 3 is 2.35 bits per heavy atom. The van der Waals surface area contributed by atoms with Gasteiger partial charge in [0, 0.05) is 35.1 Å². The lowest BCUT2D eigenvalue weighted by Crippen LogP contribution is -2.38. The van der Waals surface area contributed by atoms with Gasteiger partial charge in [-0.2, -0.15) is 13.2 Å². The number of carboxylic acids is 1. The van der Waals surface area contributed by atoms with E-state index in [1.165, 1.54) is 26.4 Å². The first-order valence-electron chi connectivity index (χ1n) is 16.5. The number of fused-ring (bicyclic) bond motifs is 1. The van der Waals surface area contributed by atoms with Crippen LogP contribution in [0.1, 0.15) is 55.5 Å². The third-order valence-corrected chi connectivity index (χ3v) is 10.5. The quantitative estimate of drug-likeness (QED) is 0.126. The molecule has 0 unspecified atom stereocenters. The summed E-state index contributed by atoms with van der Waals surface area (Å²) in [6.45, 7) is 3.76. The maximum atomic E-state index is 16.1. The van der Waals surface area contributed by atoms with Gasteiger partial charge in [-0.15, -0.1) is 0 Å². The molecule has 1 saturated heterocycles. The molecule has 2 amide bonds. The number of nitrogen functional groups attached to an aromatic ring is 1. The normalized spacial score (nSPS) is 14.8. The number of sulfone groups is 1. The number of methoxy groups -OCH3 is 2. The number of carbonyl (C=O) groups excluding carboxylic acids is 2. The molecule has 0 radical (unpaired) electrons. The Morgan fingerprint density at radius 1 is 1.06 bits per heavy atom. The number of rotatable bonds is 10. The number of nitrogens with two attached hydrogens (primary N) is 1. The van der Waals surface area contributed by atoms with Crippen LogP contribution < -0.4 is 21.1 Å². The number of halogens is 4. The molecule has 2 heterocycles. The number of carbonyl (C=O) groups is 3. The van der Waals surface area contributed by atoms with Gasteiger partial charge in [0.05, 0.1) is 30.9 Å². The highest BCUT2D eigenvalue weighted by Crippen LogP contribution is 2.41. The van der Waals surface area contributed by atoms with Gasteiger partial charge < -0.3 is 30.5 Å². The molecule has 5 rings (SSSR count). The number of aromatic nitrogens is 1. The van der Waals surface area contributed by atoms with Crippen LogP contribution in [0.5, 0.6) is 5.75 Å². The lowest BCUT2D eigenvalue weighted by atomic mass is 9.98. The summed E-state index contributed by atoms with van der Waals surface area (Å²) in [6.07, 6.45) is -2.63. The van der Waals surface area contributed by atoms with E-state index in [9.17, 15) is 31.2 Å². The number of amides is 2. The summed E-state index contributed by atoms with van der Waals surface area (Å²) in [5.41, 5.74) is 8.12. The zero-order chi connectivity index (χ0) is 40.0. The molecule has 1 aromatic heterocycles. The number of anilines is 3. The number of pyridine rings is 1. The number of carboxylic acid groups (broad SMARTS) is 1. The van der Waals surface area contributed by atoms with Crippen LogP contribution in [0, 0.1) is 5.82 Å². The van der Waals surface area contributed by atoms with Gasteiger partial charge in [0.15, 0.2) is 21.4 Å². The Kier molecular flexibility index (Phi) is 12.9. The third kappa shape index (κ3) is 9.28. The van der Waals surface area contributed by atoms with Crippen molar-refractivity contribution in [1.82, 2.24) is 9.88 Å². The van der Waals surface area contributed by atoms with E-state index >= 15 is 4.39 Å². The molecule has 0 spiro atoms. The number of nitrogens with zero attached hydrogens (tertiary/aromatic N) is 2. The molecule has 1 fully saturated rings. The second kappa shape index (κ2) is 17.0. The highest BCUT2D eigenvalue weighted by Gasteiger charge is 2.39. The van der Waals surface area contributed by atoms with Gasteiger partial charge in [-0.3, -0.25) is 10.1 Å². The Bertz CT molecular complexity index is 2150. The molecule has 3 aromatic carbocycles. The number of likely N-dealkylation sites (tertiary alicyclic amines) is 1. The fourth-order valence-electron chi connectivity index (χ4n) is 5.99. The number of hydrogen-bond donors (Lipinski definition) is 4. The van der Waals surface area contributed by atoms with Crippen LogP contribution in [0.25, 0.3) is 10.8 Å². The highest BCUT2D eigenvalue weighted by molar-refractivity contribution is 7.91. The zero-order valence-corrected chi connectivity index (χ0v) is 30.5. The van der Waals surface area contributed by atoms with Crippen molar-refractivity contribution >= 4 is 55.8 Å². The molecule has 4 aromatic rings. The predicted octanol–water partition coefficient (Wildman–Crippen LogP) is 6.65. The highest BCUT2D eigenvalue weighted by atomic mass is 32.2. The van der Waals surface area contributed by atoms with Crippen LogP contribution in [-0.4, -0.2) is 74.1 Å². The SMILES string of the molecule is CCc1cc(OC)c(F)c([C@H](Nc2ccc3c(N)nccc3c2)C(=O)N2CCC[C@@H]2c2cc(NC(=O)OC)ccc2S(=O)(=O)CC)c1.O=C(O)C(F)(F)F. The van der Waals surface area contributed by atoms with Crippen LogP contribution in [0.15, 0.2) is 65.7 Å². The fourth-order valence-corrected chi connectivity index (χ4v) is 7.13. The average molecular weight is 778 g/mol. The van der Waals surface area contributed by atoms with Gasteiger partial charge in [0.1, 0.15) is 11.9 Å². The monoisotopic (exact) mass is 777 g/mol. The maximum Gasteiger partial charge on any atom is 0.490 e. The first-order chi connectivity index (χ1) is 25.4. The van der Waals surface area contributed by atoms with Crippen molar-refractivity contribution in [3.63, 3.8) is 0 Å². The first-order valence-corrected chi connectivity index (χ1v) is 18.2. The van der Waals surface area contributed by atoms with Crippen molar-refractivity contribution in [3.05, 3.63) is 83.3 Å². The summed E-state index contributed by atoms with van der Waals surface area (Å²) in [5, 5.41) is 14.5. The number of ether oxygens (including phenoxy) is 2. The lowest BCUT2D eigenvalue weighted by Gasteiger charge is -2.32. The van der Waals surface area contributed by atoms with Crippen molar-refractivity contribution in [2.75, 3.05) is 42.9 Å². The van der Waals surface area contributed by atoms with E-state index in [0.717, 1.165) is 16.3 Å². The molecule has 54 heavy (non-hydrogen) atoms. The summed E-state index contributed by atoms with van der Waals surface area (Å²) >= 11 is 0. The van der Waals surface area contributed by atoms with Crippen molar-refractivity contribution in [2.45, 2.75) is 56.3 Å². The van der Waals surface area contributed by atoms with E-state index < -0.39 is 51.9 Å². The lowest BCUT2D eigenvalue weighted by molar-refractivity contribution is -0.192. The molecule has 290 valence electrons. The molecule has 0 bridgehead atoms. The number of hydrogen-bond acceptors (Lipinski definition) is 10. The number of aliphatic carboxylic acids is 1. The molecule has 1 aliphatic heterocycles. The van der Waals surface area contributed by atoms with Crippen LogP contribution in [0.4, 0.5) is 39.5 Å². The zero-order valence-electron chi connectivity index (χ0n) is 29.7. The van der Waals surface area contributed by atoms with Gasteiger partial charge in [0.25, 0.3) is 0 Å². The van der Waals surface area contributed by atoms with E-state index in [-0.39, 0.29) is 22.0 Å². The van der Waals surface area contributed by atoms with Gasteiger partial charge in [-0.1, -0.05) is 19.9 Å². The summed E-state index contributed by atoms with van der Waals surface area (Å²) in [5.74, 6) is -3.69. The molecule has 1 aliphatic rings. The topological polar surface area (TPSA) is 190 Å². The van der Waals surface area contributed by atoms with E-state index in [2.05, 4.69) is 15.6 Å². The average Bonchev–Trinajstić information content (AvgIpc) is 3.64. The van der Waals surface area contributed by atoms with Crippen LogP contribution in [0.2, 0.25) is 0 Å². The number of aryl methyl sites for hydroxylation is 1. The second-order valence-electron chi connectivity index (χ2n) is 12.0. The van der Waals surface area contributed by atoms with E-state index in [4.69, 9.17) is 25.1 Å². The fraction of sp³-hybridized carbons (Fsp3) is 0.333. The van der Waals surface area contributed by atoms with Crippen molar-refractivity contribution in [2.24, 2.45) is 0 Å². The smallest absolute Gasteiger partial charge is 0.490 e. The molecule has 18 heteroatoms. The van der Waals surface area contributed by atoms with Gasteiger partial charge >= 0.3 is 18.2 Å². The summed E-state index contributed by atoms with van der Waals surface area (Å²) in [6, 6.07) is 13.0. The Hall–Kier alpha value is -5.65. The predicted molar refractivity (Wildman–Crippen MR) is 192 cm³/mol. The number of nitrogens with one attached hydrogen (secondary N) is 2. The summed E-state index contributed by atoms with van der Waals surface area (Å²) in [4.78, 5) is 41.4. The molecule has 13 nitrogen and oxygen atoms in total. The maximum absolute atomic E-state index is 16.1. The van der Waals surface area contributed by atoms with Gasteiger partial charge in [-0.25, -0.2) is 27.4 Å². The van der Waals surface area contributed by atoms with Crippen LogP contribution >= 0.6 is 0 Å². The first kappa shape index (κ1) is 41.1. The van der Waals surface area contributed by atoms with Crippen molar-refractivity contribution < 1.29 is 54.9 Å². The second-order valence-corrected chi connectivity index (χ2v) is 14.3. The Morgan fingerprint density at radius 2 is 1.74 bits per heavy atom. The molecular weight excluding hydrogens is 738 g/mol. The minimum Gasteiger partial charge on any atom is -0.494 e. The van der Waals surface area contributed by atoms with E-state index in [0.29, 0.717) is 48.6 Å². The molecule has 5 N–H and O–H groups in total. The summed E-state index contributed by atoms with van der Waals surface area (Å²) < 4.78 is 84.4. The number of benzene rings is 3. The molecule has 0 saturated carbocycles. The third-order valence-electron chi connectivity index (χ3n) is 8.71.